The molecule has 0 spiro atoms. The van der Waals surface area contributed by atoms with Gasteiger partial charge in [-0.1, -0.05) is 32.0 Å². The Morgan fingerprint density at radius 1 is 1.03 bits per heavy atom. The van der Waals surface area contributed by atoms with Gasteiger partial charge in [0.15, 0.2) is 0 Å². The zero-order valence-corrected chi connectivity index (χ0v) is 21.3. The third kappa shape index (κ3) is 5.85. The maximum Gasteiger partial charge on any atom is 0.295 e. The van der Waals surface area contributed by atoms with Gasteiger partial charge in [-0.2, -0.15) is 0 Å². The van der Waals surface area contributed by atoms with Gasteiger partial charge >= 0.3 is 0 Å². The lowest BCUT2D eigenvalue weighted by Gasteiger charge is -2.29. The Kier molecular flexibility index (Phi) is 8.93. The third-order valence-corrected chi connectivity index (χ3v) is 6.10. The van der Waals surface area contributed by atoms with E-state index in [0.29, 0.717) is 42.3 Å². The summed E-state index contributed by atoms with van der Waals surface area (Å²) < 4.78 is 11.5. The number of ketones is 1. The molecule has 1 amide bonds. The van der Waals surface area contributed by atoms with Gasteiger partial charge in [0.25, 0.3) is 11.7 Å². The minimum atomic E-state index is -0.750. The predicted molar refractivity (Wildman–Crippen MR) is 137 cm³/mol. The molecule has 1 heterocycles. The van der Waals surface area contributed by atoms with Crippen molar-refractivity contribution in [1.29, 1.82) is 0 Å². The number of Topliss-reactive ketones (excluding diaryl/α,β-unsaturated/α-hetero) is 1. The van der Waals surface area contributed by atoms with Crippen LogP contribution < -0.4 is 9.47 Å². The lowest BCUT2D eigenvalue weighted by Crippen LogP contribution is -2.38. The average Bonchev–Trinajstić information content (AvgIpc) is 3.10. The van der Waals surface area contributed by atoms with Crippen molar-refractivity contribution in [1.82, 2.24) is 9.80 Å². The topological polar surface area (TPSA) is 79.3 Å². The number of nitrogens with zero attached hydrogens (tertiary/aromatic N) is 2. The van der Waals surface area contributed by atoms with Gasteiger partial charge in [-0.05, 0) is 64.2 Å². The summed E-state index contributed by atoms with van der Waals surface area (Å²) in [6.07, 6.45) is 0.0145. The maximum absolute atomic E-state index is 13.3. The highest BCUT2D eigenvalue weighted by Gasteiger charge is 2.46. The monoisotopic (exact) mass is 480 g/mol. The number of carbonyl (C=O) groups excluding carboxylic acids is 2. The number of hydrogen-bond acceptors (Lipinski definition) is 6. The molecule has 0 radical (unpaired) electrons. The molecule has 1 saturated heterocycles. The summed E-state index contributed by atoms with van der Waals surface area (Å²) in [6, 6.07) is 13.5. The van der Waals surface area contributed by atoms with E-state index < -0.39 is 17.7 Å². The van der Waals surface area contributed by atoms with E-state index in [9.17, 15) is 14.7 Å². The molecule has 2 aromatic rings. The minimum Gasteiger partial charge on any atom is -0.507 e. The number of carbonyl (C=O) groups is 2. The highest BCUT2D eigenvalue weighted by atomic mass is 16.5. The molecular formula is C28H36N2O5. The summed E-state index contributed by atoms with van der Waals surface area (Å²) in [5.41, 5.74) is 1.19. The standard InChI is InChI=1S/C28H36N2O5/c1-6-29(7-2)17-18-30-25(22-11-9-10-12-23(22)34-8-3)24(27(32)28(30)33)26(31)20-13-15-21(16-14-20)35-19(4)5/h9-16,19,25,31H,6-8,17-18H2,1-5H3/b26-24+/t25-/m1/s1. The van der Waals surface area contributed by atoms with Gasteiger partial charge < -0.3 is 24.4 Å². The zero-order chi connectivity index (χ0) is 25.5. The first-order valence-corrected chi connectivity index (χ1v) is 12.3. The molecule has 0 unspecified atom stereocenters. The van der Waals surface area contributed by atoms with Crippen LogP contribution in [0.15, 0.2) is 54.1 Å². The van der Waals surface area contributed by atoms with Crippen LogP contribution in [0.3, 0.4) is 0 Å². The van der Waals surface area contributed by atoms with E-state index in [-0.39, 0.29) is 17.4 Å². The number of aliphatic hydroxyl groups excluding tert-OH is 1. The summed E-state index contributed by atoms with van der Waals surface area (Å²) in [4.78, 5) is 30.3. The van der Waals surface area contributed by atoms with Crippen LogP contribution in [-0.2, 0) is 9.59 Å². The van der Waals surface area contributed by atoms with Gasteiger partial charge in [-0.25, -0.2) is 0 Å². The van der Waals surface area contributed by atoms with Crippen LogP contribution in [0, 0.1) is 0 Å². The van der Waals surface area contributed by atoms with Crippen LogP contribution in [0.5, 0.6) is 11.5 Å². The van der Waals surface area contributed by atoms with Crippen LogP contribution in [0.2, 0.25) is 0 Å². The predicted octanol–water partition coefficient (Wildman–Crippen LogP) is 4.64. The summed E-state index contributed by atoms with van der Waals surface area (Å²) >= 11 is 0. The number of likely N-dealkylation sites (tertiary alicyclic amines) is 1. The Morgan fingerprint density at radius 3 is 2.29 bits per heavy atom. The van der Waals surface area contributed by atoms with Crippen LogP contribution in [0.4, 0.5) is 0 Å². The fourth-order valence-corrected chi connectivity index (χ4v) is 4.34. The molecule has 0 aliphatic carbocycles. The lowest BCUT2D eigenvalue weighted by atomic mass is 9.94. The number of rotatable bonds is 11. The van der Waals surface area contributed by atoms with Gasteiger partial charge in [0.2, 0.25) is 0 Å². The summed E-state index contributed by atoms with van der Waals surface area (Å²) in [5.74, 6) is -0.271. The van der Waals surface area contributed by atoms with E-state index in [1.165, 1.54) is 0 Å². The molecule has 1 atom stereocenters. The van der Waals surface area contributed by atoms with Crippen LogP contribution in [0.25, 0.3) is 5.76 Å². The first-order valence-electron chi connectivity index (χ1n) is 12.3. The first kappa shape index (κ1) is 26.3. The van der Waals surface area contributed by atoms with Gasteiger partial charge in [0, 0.05) is 24.2 Å². The van der Waals surface area contributed by atoms with Crippen LogP contribution >= 0.6 is 0 Å². The fraction of sp³-hybridized carbons (Fsp3) is 0.429. The molecule has 7 nitrogen and oxygen atoms in total. The molecule has 0 saturated carbocycles. The number of para-hydroxylation sites is 1. The molecular weight excluding hydrogens is 444 g/mol. The average molecular weight is 481 g/mol. The SMILES string of the molecule is CCOc1ccccc1[C@@H]1/C(=C(\O)c2ccc(OC(C)C)cc2)C(=O)C(=O)N1CCN(CC)CC. The number of likely N-dealkylation sites (N-methyl/N-ethyl adjacent to an activating group) is 1. The Bertz CT molecular complexity index is 1060. The number of aliphatic hydroxyl groups is 1. The second-order valence-electron chi connectivity index (χ2n) is 8.68. The number of amides is 1. The maximum atomic E-state index is 13.3. The fourth-order valence-electron chi connectivity index (χ4n) is 4.34. The molecule has 1 aliphatic heterocycles. The quantitative estimate of drug-likeness (QED) is 0.287. The molecule has 188 valence electrons. The lowest BCUT2D eigenvalue weighted by molar-refractivity contribution is -0.140. The zero-order valence-electron chi connectivity index (χ0n) is 21.3. The number of ether oxygens (including phenoxy) is 2. The van der Waals surface area contributed by atoms with Crippen molar-refractivity contribution < 1.29 is 24.2 Å². The van der Waals surface area contributed by atoms with Gasteiger partial charge in [0.1, 0.15) is 17.3 Å². The normalized spacial score (nSPS) is 17.5. The molecule has 0 aromatic heterocycles. The largest absolute Gasteiger partial charge is 0.507 e. The van der Waals surface area contributed by atoms with Crippen molar-refractivity contribution in [3.63, 3.8) is 0 Å². The smallest absolute Gasteiger partial charge is 0.295 e. The van der Waals surface area contributed by atoms with E-state index in [1.54, 1.807) is 29.2 Å². The summed E-state index contributed by atoms with van der Waals surface area (Å²) in [7, 11) is 0. The van der Waals surface area contributed by atoms with E-state index in [0.717, 1.165) is 13.1 Å². The molecule has 3 rings (SSSR count). The van der Waals surface area contributed by atoms with E-state index in [1.807, 2.05) is 45.0 Å². The third-order valence-electron chi connectivity index (χ3n) is 6.10. The van der Waals surface area contributed by atoms with Gasteiger partial charge in [-0.3, -0.25) is 9.59 Å². The van der Waals surface area contributed by atoms with Crippen molar-refractivity contribution >= 4 is 17.4 Å². The van der Waals surface area contributed by atoms with Crippen LogP contribution in [0.1, 0.15) is 51.8 Å². The van der Waals surface area contributed by atoms with Crippen molar-refractivity contribution in [2.75, 3.05) is 32.8 Å². The van der Waals surface area contributed by atoms with Crippen molar-refractivity contribution in [2.24, 2.45) is 0 Å². The molecule has 1 aliphatic rings. The minimum absolute atomic E-state index is 0.0145. The van der Waals surface area contributed by atoms with Crippen molar-refractivity contribution in [3.05, 3.63) is 65.2 Å². The highest BCUT2D eigenvalue weighted by Crippen LogP contribution is 2.42. The number of benzene rings is 2. The molecule has 1 N–H and O–H groups in total. The number of hydrogen-bond donors (Lipinski definition) is 1. The highest BCUT2D eigenvalue weighted by molar-refractivity contribution is 6.46. The second-order valence-corrected chi connectivity index (χ2v) is 8.68. The van der Waals surface area contributed by atoms with Gasteiger partial charge in [0.05, 0.1) is 24.3 Å². The van der Waals surface area contributed by atoms with Crippen LogP contribution in [-0.4, -0.2) is 65.5 Å². The molecule has 7 heteroatoms. The van der Waals surface area contributed by atoms with E-state index in [4.69, 9.17) is 9.47 Å². The molecule has 1 fully saturated rings. The Balaban J connectivity index is 2.10. The summed E-state index contributed by atoms with van der Waals surface area (Å²) in [6.45, 7) is 13.0. The molecule has 0 bridgehead atoms. The Labute approximate surface area is 207 Å². The summed E-state index contributed by atoms with van der Waals surface area (Å²) in [5, 5.41) is 11.3. The first-order chi connectivity index (χ1) is 16.8. The van der Waals surface area contributed by atoms with Crippen molar-refractivity contribution in [2.45, 2.75) is 46.8 Å². The Morgan fingerprint density at radius 2 is 1.69 bits per heavy atom. The van der Waals surface area contributed by atoms with E-state index in [2.05, 4.69) is 18.7 Å². The van der Waals surface area contributed by atoms with Gasteiger partial charge in [-0.15, -0.1) is 0 Å². The molecule has 35 heavy (non-hydrogen) atoms. The van der Waals surface area contributed by atoms with E-state index >= 15 is 0 Å². The van der Waals surface area contributed by atoms with Crippen molar-refractivity contribution in [3.8, 4) is 11.5 Å². The molecule has 2 aromatic carbocycles. The second kappa shape index (κ2) is 11.9. The Hall–Kier alpha value is -3.32.